The molecule has 18 heavy (non-hydrogen) atoms. The van der Waals surface area contributed by atoms with E-state index >= 15 is 0 Å². The molecule has 1 heterocycles. The molecule has 2 rings (SSSR count). The summed E-state index contributed by atoms with van der Waals surface area (Å²) < 4.78 is 13.5. The molecule has 1 aromatic carbocycles. The predicted molar refractivity (Wildman–Crippen MR) is 61.6 cm³/mol. The van der Waals surface area contributed by atoms with Crippen LogP contribution in [0.4, 0.5) is 14.9 Å². The summed E-state index contributed by atoms with van der Waals surface area (Å²) in [6, 6.07) is 5.84. The number of benzene rings is 1. The van der Waals surface area contributed by atoms with Crippen molar-refractivity contribution in [1.82, 2.24) is 9.78 Å². The van der Waals surface area contributed by atoms with Crippen LogP contribution in [0, 0.1) is 5.82 Å². The Bertz CT molecular complexity index is 591. The molecular formula is C11H9FN4O2. The monoisotopic (exact) mass is 248 g/mol. The third-order valence-electron chi connectivity index (χ3n) is 2.15. The van der Waals surface area contributed by atoms with Crippen LogP contribution >= 0.6 is 0 Å². The fraction of sp³-hybridized carbons (Fsp3) is 0. The number of nitrogens with zero attached hydrogens (tertiary/aromatic N) is 2. The number of hydrogen-bond acceptors (Lipinski definition) is 3. The molecule has 0 aliphatic heterocycles. The first-order chi connectivity index (χ1) is 8.56. The van der Waals surface area contributed by atoms with E-state index in [1.165, 1.54) is 36.5 Å². The first-order valence-electron chi connectivity index (χ1n) is 4.98. The second-order valence-electron chi connectivity index (χ2n) is 3.44. The number of carbonyl (C=O) groups is 2. The summed E-state index contributed by atoms with van der Waals surface area (Å²) >= 11 is 0. The lowest BCUT2D eigenvalue weighted by Gasteiger charge is -2.02. The van der Waals surface area contributed by atoms with E-state index in [-0.39, 0.29) is 5.69 Å². The lowest BCUT2D eigenvalue weighted by Crippen LogP contribution is -2.21. The molecule has 0 aliphatic rings. The van der Waals surface area contributed by atoms with E-state index in [9.17, 15) is 14.0 Å². The first-order valence-corrected chi connectivity index (χ1v) is 4.98. The number of rotatable bonds is 2. The van der Waals surface area contributed by atoms with Gasteiger partial charge in [0, 0.05) is 11.9 Å². The zero-order chi connectivity index (χ0) is 13.1. The van der Waals surface area contributed by atoms with Gasteiger partial charge < -0.3 is 11.1 Å². The SMILES string of the molecule is NC(=O)n1ccc(C(=O)Nc2ccc(F)cc2)n1. The summed E-state index contributed by atoms with van der Waals surface area (Å²) in [7, 11) is 0. The van der Waals surface area contributed by atoms with Gasteiger partial charge >= 0.3 is 6.03 Å². The van der Waals surface area contributed by atoms with Gasteiger partial charge in [0.1, 0.15) is 5.82 Å². The molecule has 0 atom stereocenters. The highest BCUT2D eigenvalue weighted by Crippen LogP contribution is 2.09. The average molecular weight is 248 g/mol. The third-order valence-corrected chi connectivity index (χ3v) is 2.15. The molecule has 0 saturated carbocycles. The second-order valence-corrected chi connectivity index (χ2v) is 3.44. The summed E-state index contributed by atoms with van der Waals surface area (Å²) in [6.07, 6.45) is 1.28. The Morgan fingerprint density at radius 1 is 1.22 bits per heavy atom. The van der Waals surface area contributed by atoms with Crippen LogP contribution in [0.25, 0.3) is 0 Å². The number of nitrogens with two attached hydrogens (primary N) is 1. The number of anilines is 1. The van der Waals surface area contributed by atoms with Crippen LogP contribution < -0.4 is 11.1 Å². The Morgan fingerprint density at radius 2 is 1.89 bits per heavy atom. The molecule has 0 aliphatic carbocycles. The molecule has 0 bridgehead atoms. The van der Waals surface area contributed by atoms with Crippen molar-refractivity contribution in [3.05, 3.63) is 48.0 Å². The molecule has 92 valence electrons. The van der Waals surface area contributed by atoms with Crippen molar-refractivity contribution in [3.8, 4) is 0 Å². The molecule has 0 fully saturated rings. The molecule has 0 spiro atoms. The number of carbonyl (C=O) groups excluding carboxylic acids is 2. The molecule has 0 radical (unpaired) electrons. The maximum Gasteiger partial charge on any atom is 0.339 e. The van der Waals surface area contributed by atoms with Gasteiger partial charge in [0.25, 0.3) is 5.91 Å². The van der Waals surface area contributed by atoms with Crippen LogP contribution in [-0.2, 0) is 0 Å². The minimum absolute atomic E-state index is 0.0399. The molecule has 6 nitrogen and oxygen atoms in total. The van der Waals surface area contributed by atoms with Crippen LogP contribution in [-0.4, -0.2) is 21.7 Å². The van der Waals surface area contributed by atoms with E-state index in [2.05, 4.69) is 10.4 Å². The number of amides is 2. The lowest BCUT2D eigenvalue weighted by atomic mass is 10.3. The fourth-order valence-corrected chi connectivity index (χ4v) is 1.30. The molecule has 1 aromatic heterocycles. The Balaban J connectivity index is 2.11. The average Bonchev–Trinajstić information content (AvgIpc) is 2.81. The Hall–Kier alpha value is -2.70. The van der Waals surface area contributed by atoms with Gasteiger partial charge in [-0.1, -0.05) is 0 Å². The first kappa shape index (κ1) is 11.8. The summed E-state index contributed by atoms with van der Waals surface area (Å²) in [4.78, 5) is 22.5. The smallest absolute Gasteiger partial charge is 0.339 e. The molecule has 0 unspecified atom stereocenters. The van der Waals surface area contributed by atoms with E-state index in [1.807, 2.05) is 0 Å². The maximum absolute atomic E-state index is 12.7. The second kappa shape index (κ2) is 4.66. The lowest BCUT2D eigenvalue weighted by molar-refractivity contribution is 0.102. The van der Waals surface area contributed by atoms with Gasteiger partial charge in [-0.3, -0.25) is 4.79 Å². The van der Waals surface area contributed by atoms with Gasteiger partial charge in [0.05, 0.1) is 0 Å². The van der Waals surface area contributed by atoms with Crippen LogP contribution in [0.3, 0.4) is 0 Å². The minimum atomic E-state index is -0.782. The molecule has 0 saturated heterocycles. The van der Waals surface area contributed by atoms with Crippen molar-refractivity contribution < 1.29 is 14.0 Å². The third kappa shape index (κ3) is 2.51. The maximum atomic E-state index is 12.7. The Labute approximate surface area is 101 Å². The van der Waals surface area contributed by atoms with Crippen LogP contribution in [0.15, 0.2) is 36.5 Å². The number of halogens is 1. The van der Waals surface area contributed by atoms with Crippen molar-refractivity contribution in [2.45, 2.75) is 0 Å². The van der Waals surface area contributed by atoms with Crippen molar-refractivity contribution in [3.63, 3.8) is 0 Å². The highest BCUT2D eigenvalue weighted by atomic mass is 19.1. The minimum Gasteiger partial charge on any atom is -0.350 e. The van der Waals surface area contributed by atoms with E-state index < -0.39 is 17.8 Å². The Kier molecular flexibility index (Phi) is 3.05. The Morgan fingerprint density at radius 3 is 2.44 bits per heavy atom. The van der Waals surface area contributed by atoms with E-state index in [4.69, 9.17) is 5.73 Å². The van der Waals surface area contributed by atoms with E-state index in [0.717, 1.165) is 4.68 Å². The fourth-order valence-electron chi connectivity index (χ4n) is 1.30. The van der Waals surface area contributed by atoms with Gasteiger partial charge in [0.2, 0.25) is 0 Å². The number of nitrogens with one attached hydrogen (secondary N) is 1. The molecular weight excluding hydrogens is 239 g/mol. The highest BCUT2D eigenvalue weighted by molar-refractivity contribution is 6.03. The summed E-state index contributed by atoms with van der Waals surface area (Å²) in [5.74, 6) is -0.910. The standard InChI is InChI=1S/C11H9FN4O2/c12-7-1-3-8(4-2-7)14-10(17)9-5-6-16(15-9)11(13)18/h1-6H,(H2,13,18)(H,14,17). The van der Waals surface area contributed by atoms with Gasteiger partial charge in [-0.05, 0) is 30.3 Å². The molecule has 2 aromatic rings. The van der Waals surface area contributed by atoms with Crippen molar-refractivity contribution in [2.24, 2.45) is 5.73 Å². The van der Waals surface area contributed by atoms with Gasteiger partial charge in [-0.15, -0.1) is 0 Å². The topological polar surface area (TPSA) is 90.0 Å². The summed E-state index contributed by atoms with van der Waals surface area (Å²) in [6.45, 7) is 0. The number of aromatic nitrogens is 2. The number of hydrogen-bond donors (Lipinski definition) is 2. The quantitative estimate of drug-likeness (QED) is 0.836. The normalized spacial score (nSPS) is 10.1. The van der Waals surface area contributed by atoms with E-state index in [0.29, 0.717) is 5.69 Å². The van der Waals surface area contributed by atoms with Crippen molar-refractivity contribution in [1.29, 1.82) is 0 Å². The van der Waals surface area contributed by atoms with Gasteiger partial charge in [-0.25, -0.2) is 9.18 Å². The summed E-state index contributed by atoms with van der Waals surface area (Å²) in [5.41, 5.74) is 5.45. The van der Waals surface area contributed by atoms with Gasteiger partial charge in [0.15, 0.2) is 5.69 Å². The highest BCUT2D eigenvalue weighted by Gasteiger charge is 2.11. The van der Waals surface area contributed by atoms with Gasteiger partial charge in [-0.2, -0.15) is 9.78 Å². The zero-order valence-electron chi connectivity index (χ0n) is 9.13. The van der Waals surface area contributed by atoms with Crippen molar-refractivity contribution >= 4 is 17.6 Å². The largest absolute Gasteiger partial charge is 0.350 e. The van der Waals surface area contributed by atoms with Crippen LogP contribution in [0.1, 0.15) is 10.5 Å². The van der Waals surface area contributed by atoms with E-state index in [1.54, 1.807) is 0 Å². The van der Waals surface area contributed by atoms with Crippen LogP contribution in [0.2, 0.25) is 0 Å². The van der Waals surface area contributed by atoms with Crippen LogP contribution in [0.5, 0.6) is 0 Å². The zero-order valence-corrected chi connectivity index (χ0v) is 9.13. The molecule has 3 N–H and O–H groups in total. The van der Waals surface area contributed by atoms with Crippen molar-refractivity contribution in [2.75, 3.05) is 5.32 Å². The molecule has 7 heteroatoms. The number of primary amides is 1. The summed E-state index contributed by atoms with van der Waals surface area (Å²) in [5, 5.41) is 6.18. The predicted octanol–water partition coefficient (Wildman–Crippen LogP) is 1.20. The molecule has 2 amide bonds.